The molecule has 1 aliphatic heterocycles. The largest absolute Gasteiger partial charge is 0.482 e. The fraction of sp³-hybridized carbons (Fsp3) is 0.625. The fourth-order valence-corrected chi connectivity index (χ4v) is 2.67. The van der Waals surface area contributed by atoms with Crippen molar-refractivity contribution in [2.75, 3.05) is 26.3 Å². The molecule has 6 nitrogen and oxygen atoms in total. The molecule has 1 amide bonds. The highest BCUT2D eigenvalue weighted by Crippen LogP contribution is 2.21. The summed E-state index contributed by atoms with van der Waals surface area (Å²) in [4.78, 5) is 18.2. The highest BCUT2D eigenvalue weighted by molar-refractivity contribution is 5.78. The number of likely N-dealkylation sites (tertiary alicyclic amines) is 1. The molecule has 1 saturated heterocycles. The monoisotopic (exact) mass is 308 g/mol. The van der Waals surface area contributed by atoms with Crippen molar-refractivity contribution in [1.29, 1.82) is 0 Å². The Morgan fingerprint density at radius 3 is 2.95 bits per heavy atom. The van der Waals surface area contributed by atoms with Gasteiger partial charge >= 0.3 is 0 Å². The Morgan fingerprint density at radius 2 is 2.27 bits per heavy atom. The number of aromatic nitrogens is 1. The van der Waals surface area contributed by atoms with Crippen molar-refractivity contribution in [3.05, 3.63) is 23.5 Å². The zero-order chi connectivity index (χ0) is 16.2. The number of aryl methyl sites for hydroxylation is 2. The molecule has 0 radical (unpaired) electrons. The average Bonchev–Trinajstić information content (AvgIpc) is 2.53. The van der Waals surface area contributed by atoms with E-state index in [4.69, 9.17) is 4.74 Å². The topological polar surface area (TPSA) is 82.9 Å². The van der Waals surface area contributed by atoms with Crippen LogP contribution in [0.5, 0.6) is 5.75 Å². The molecule has 1 aliphatic rings. The number of carbonyl (C=O) groups excluding carboxylic acids is 1. The van der Waals surface area contributed by atoms with E-state index in [9.17, 15) is 15.0 Å². The first-order valence-electron chi connectivity index (χ1n) is 7.68. The summed E-state index contributed by atoms with van der Waals surface area (Å²) in [7, 11) is 0. The second-order valence-electron chi connectivity index (χ2n) is 5.84. The Kier molecular flexibility index (Phi) is 5.37. The van der Waals surface area contributed by atoms with Crippen molar-refractivity contribution in [2.45, 2.75) is 38.7 Å². The molecule has 1 aromatic rings. The number of β-amino-alcohol motifs (C(OH)–C–C–N with tert-alkyl or cyclic N) is 1. The Morgan fingerprint density at radius 1 is 1.50 bits per heavy atom. The van der Waals surface area contributed by atoms with Gasteiger partial charge in [-0.05, 0) is 38.3 Å². The maximum atomic E-state index is 12.2. The van der Waals surface area contributed by atoms with E-state index in [2.05, 4.69) is 4.98 Å². The van der Waals surface area contributed by atoms with Gasteiger partial charge in [0.15, 0.2) is 6.61 Å². The summed E-state index contributed by atoms with van der Waals surface area (Å²) in [6, 6.07) is 3.68. The summed E-state index contributed by atoms with van der Waals surface area (Å²) >= 11 is 0. The van der Waals surface area contributed by atoms with Gasteiger partial charge in [0.05, 0.1) is 18.8 Å². The SMILES string of the molecule is CCc1nc(C)ccc1OCC(=O)N1CCCC(O)(CO)C1. The molecule has 0 spiro atoms. The molecular formula is C16H24N2O4. The standard InChI is InChI=1S/C16H24N2O4/c1-3-13-14(6-5-12(2)17-13)22-9-15(20)18-8-4-7-16(21,10-18)11-19/h5-6,19,21H,3-4,7-11H2,1-2H3. The lowest BCUT2D eigenvalue weighted by Crippen LogP contribution is -2.53. The lowest BCUT2D eigenvalue weighted by Gasteiger charge is -2.37. The van der Waals surface area contributed by atoms with Crippen molar-refractivity contribution >= 4 is 5.91 Å². The zero-order valence-electron chi connectivity index (χ0n) is 13.2. The number of nitrogens with zero attached hydrogens (tertiary/aromatic N) is 2. The van der Waals surface area contributed by atoms with Gasteiger partial charge in [-0.3, -0.25) is 9.78 Å². The molecule has 0 saturated carbocycles. The predicted octanol–water partition coefficient (Wildman–Crippen LogP) is 0.677. The number of pyridine rings is 1. The van der Waals surface area contributed by atoms with Gasteiger partial charge in [0, 0.05) is 12.2 Å². The molecule has 2 heterocycles. The minimum Gasteiger partial charge on any atom is -0.482 e. The van der Waals surface area contributed by atoms with Gasteiger partial charge in [0.25, 0.3) is 5.91 Å². The van der Waals surface area contributed by atoms with Gasteiger partial charge in [0.2, 0.25) is 0 Å². The van der Waals surface area contributed by atoms with Gasteiger partial charge in [-0.1, -0.05) is 6.92 Å². The summed E-state index contributed by atoms with van der Waals surface area (Å²) < 4.78 is 5.60. The molecule has 1 fully saturated rings. The Bertz CT molecular complexity index is 535. The molecule has 1 atom stereocenters. The first-order valence-corrected chi connectivity index (χ1v) is 7.68. The maximum absolute atomic E-state index is 12.2. The van der Waals surface area contributed by atoms with Crippen LogP contribution in [0.25, 0.3) is 0 Å². The number of aliphatic hydroxyl groups excluding tert-OH is 1. The van der Waals surface area contributed by atoms with Gasteiger partial charge in [-0.2, -0.15) is 0 Å². The number of aliphatic hydroxyl groups is 2. The molecule has 122 valence electrons. The molecule has 0 bridgehead atoms. The minimum atomic E-state index is -1.19. The minimum absolute atomic E-state index is 0.0841. The number of carbonyl (C=O) groups is 1. The molecule has 2 N–H and O–H groups in total. The molecule has 1 aromatic heterocycles. The molecule has 1 unspecified atom stereocenters. The Hall–Kier alpha value is -1.66. The molecule has 2 rings (SSSR count). The first kappa shape index (κ1) is 16.7. The number of hydrogen-bond donors (Lipinski definition) is 2. The lowest BCUT2D eigenvalue weighted by molar-refractivity contribution is -0.142. The van der Waals surface area contributed by atoms with Crippen LogP contribution in [0.1, 0.15) is 31.2 Å². The first-order chi connectivity index (χ1) is 10.5. The quantitative estimate of drug-likeness (QED) is 0.836. The number of piperidine rings is 1. The third-order valence-corrected chi connectivity index (χ3v) is 3.96. The third kappa shape index (κ3) is 3.96. The zero-order valence-corrected chi connectivity index (χ0v) is 13.2. The predicted molar refractivity (Wildman–Crippen MR) is 81.7 cm³/mol. The van der Waals surface area contributed by atoms with Crippen molar-refractivity contribution < 1.29 is 19.7 Å². The van der Waals surface area contributed by atoms with Crippen LogP contribution in [0.15, 0.2) is 12.1 Å². The molecular weight excluding hydrogens is 284 g/mol. The van der Waals surface area contributed by atoms with Crippen molar-refractivity contribution in [3.8, 4) is 5.75 Å². The Balaban J connectivity index is 1.95. The van der Waals surface area contributed by atoms with Gasteiger partial charge < -0.3 is 19.8 Å². The summed E-state index contributed by atoms with van der Waals surface area (Å²) in [6.07, 6.45) is 1.92. The van der Waals surface area contributed by atoms with E-state index in [1.54, 1.807) is 4.90 Å². The average molecular weight is 308 g/mol. The van der Waals surface area contributed by atoms with Gasteiger partial charge in [-0.25, -0.2) is 0 Å². The summed E-state index contributed by atoms with van der Waals surface area (Å²) in [5.74, 6) is 0.435. The van der Waals surface area contributed by atoms with E-state index in [0.717, 1.165) is 17.8 Å². The lowest BCUT2D eigenvalue weighted by atomic mass is 9.94. The van der Waals surface area contributed by atoms with Crippen LogP contribution < -0.4 is 4.74 Å². The second kappa shape index (κ2) is 7.07. The van der Waals surface area contributed by atoms with E-state index in [-0.39, 0.29) is 25.7 Å². The number of rotatable bonds is 5. The van der Waals surface area contributed by atoms with Crippen LogP contribution in [0, 0.1) is 6.92 Å². The summed E-state index contributed by atoms with van der Waals surface area (Å²) in [5.41, 5.74) is 0.561. The number of amides is 1. The van der Waals surface area contributed by atoms with Crippen molar-refractivity contribution in [2.24, 2.45) is 0 Å². The Labute approximate surface area is 130 Å². The molecule has 0 aliphatic carbocycles. The van der Waals surface area contributed by atoms with Crippen molar-refractivity contribution in [3.63, 3.8) is 0 Å². The fourth-order valence-electron chi connectivity index (χ4n) is 2.67. The van der Waals surface area contributed by atoms with Crippen LogP contribution in [-0.4, -0.2) is 57.9 Å². The van der Waals surface area contributed by atoms with Crippen LogP contribution in [0.3, 0.4) is 0 Å². The molecule has 0 aromatic carbocycles. The van der Waals surface area contributed by atoms with E-state index in [0.29, 0.717) is 25.1 Å². The van der Waals surface area contributed by atoms with Crippen LogP contribution in [0.2, 0.25) is 0 Å². The normalized spacial score (nSPS) is 21.7. The maximum Gasteiger partial charge on any atom is 0.260 e. The number of ether oxygens (including phenoxy) is 1. The van der Waals surface area contributed by atoms with E-state index >= 15 is 0 Å². The van der Waals surface area contributed by atoms with Crippen LogP contribution >= 0.6 is 0 Å². The summed E-state index contributed by atoms with van der Waals surface area (Å²) in [6.45, 7) is 4.22. The van der Waals surface area contributed by atoms with E-state index in [1.807, 2.05) is 26.0 Å². The third-order valence-electron chi connectivity index (χ3n) is 3.96. The molecule has 6 heteroatoms. The highest BCUT2D eigenvalue weighted by atomic mass is 16.5. The van der Waals surface area contributed by atoms with Crippen LogP contribution in [0.4, 0.5) is 0 Å². The molecule has 22 heavy (non-hydrogen) atoms. The smallest absolute Gasteiger partial charge is 0.260 e. The van der Waals surface area contributed by atoms with E-state index in [1.165, 1.54) is 0 Å². The number of hydrogen-bond acceptors (Lipinski definition) is 5. The van der Waals surface area contributed by atoms with Gasteiger partial charge in [-0.15, -0.1) is 0 Å². The van der Waals surface area contributed by atoms with Crippen LogP contribution in [-0.2, 0) is 11.2 Å². The van der Waals surface area contributed by atoms with E-state index < -0.39 is 5.60 Å². The van der Waals surface area contributed by atoms with Gasteiger partial charge in [0.1, 0.15) is 11.4 Å². The highest BCUT2D eigenvalue weighted by Gasteiger charge is 2.34. The second-order valence-corrected chi connectivity index (χ2v) is 5.84. The summed E-state index contributed by atoms with van der Waals surface area (Å²) in [5, 5.41) is 19.3. The van der Waals surface area contributed by atoms with Crippen molar-refractivity contribution in [1.82, 2.24) is 9.88 Å².